The van der Waals surface area contributed by atoms with Crippen molar-refractivity contribution in [2.45, 2.75) is 26.7 Å². The average Bonchev–Trinajstić information content (AvgIpc) is 2.11. The third-order valence-corrected chi connectivity index (χ3v) is 2.00. The molecular weight excluding hydrogens is 185 g/mol. The van der Waals surface area contributed by atoms with E-state index in [0.29, 0.717) is 12.1 Å². The molecule has 1 aromatic heterocycles. The molecule has 3 nitrogen and oxygen atoms in total. The van der Waals surface area contributed by atoms with Crippen LogP contribution in [0.3, 0.4) is 0 Å². The third-order valence-electron chi connectivity index (χ3n) is 2.00. The van der Waals surface area contributed by atoms with Crippen LogP contribution in [0.1, 0.15) is 35.0 Å². The predicted octanol–water partition coefficient (Wildman–Crippen LogP) is 2.18. The van der Waals surface area contributed by atoms with Crippen LogP contribution in [0.4, 0.5) is 4.39 Å². The molecule has 0 radical (unpaired) electrons. The van der Waals surface area contributed by atoms with E-state index in [0.717, 1.165) is 6.42 Å². The van der Waals surface area contributed by atoms with Crippen molar-refractivity contribution < 1.29 is 14.3 Å². The number of carboxylic acids is 1. The predicted molar refractivity (Wildman–Crippen MR) is 49.9 cm³/mol. The summed E-state index contributed by atoms with van der Waals surface area (Å²) in [5, 5.41) is 8.79. The van der Waals surface area contributed by atoms with Crippen molar-refractivity contribution in [2.75, 3.05) is 0 Å². The largest absolute Gasteiger partial charge is 0.478 e. The number of aromatic carboxylic acids is 1. The van der Waals surface area contributed by atoms with Crippen LogP contribution in [0.5, 0.6) is 0 Å². The highest BCUT2D eigenvalue weighted by molar-refractivity contribution is 5.89. The summed E-state index contributed by atoms with van der Waals surface area (Å²) in [7, 11) is 0. The average molecular weight is 197 g/mol. The maximum atomic E-state index is 13.1. The highest BCUT2D eigenvalue weighted by Gasteiger charge is 2.13. The number of hydrogen-bond donors (Lipinski definition) is 1. The molecule has 1 rings (SSSR count). The molecule has 0 aliphatic rings. The summed E-state index contributed by atoms with van der Waals surface area (Å²) < 4.78 is 13.1. The molecule has 1 heterocycles. The van der Waals surface area contributed by atoms with Crippen LogP contribution >= 0.6 is 0 Å². The van der Waals surface area contributed by atoms with Gasteiger partial charge in [0.25, 0.3) is 0 Å². The summed E-state index contributed by atoms with van der Waals surface area (Å²) in [5.74, 6) is -1.80. The van der Waals surface area contributed by atoms with E-state index in [9.17, 15) is 9.18 Å². The summed E-state index contributed by atoms with van der Waals surface area (Å²) in [6.45, 7) is 3.35. The van der Waals surface area contributed by atoms with Gasteiger partial charge in [0.2, 0.25) is 5.95 Å². The third kappa shape index (κ3) is 2.07. The van der Waals surface area contributed by atoms with Gasteiger partial charge in [-0.3, -0.25) is 0 Å². The SMILES string of the molecule is CCCc1cc(C(=O)O)c(C)c(F)n1. The second-order valence-corrected chi connectivity index (χ2v) is 3.13. The van der Waals surface area contributed by atoms with Gasteiger partial charge in [0.1, 0.15) is 0 Å². The van der Waals surface area contributed by atoms with Crippen LogP contribution < -0.4 is 0 Å². The molecule has 0 atom stereocenters. The Hall–Kier alpha value is -1.45. The lowest BCUT2D eigenvalue weighted by Gasteiger charge is -2.04. The van der Waals surface area contributed by atoms with E-state index >= 15 is 0 Å². The quantitative estimate of drug-likeness (QED) is 0.755. The van der Waals surface area contributed by atoms with E-state index in [-0.39, 0.29) is 11.1 Å². The van der Waals surface area contributed by atoms with Crippen LogP contribution in [-0.2, 0) is 6.42 Å². The van der Waals surface area contributed by atoms with Crippen LogP contribution in [0.25, 0.3) is 0 Å². The highest BCUT2D eigenvalue weighted by Crippen LogP contribution is 2.13. The van der Waals surface area contributed by atoms with E-state index in [1.54, 1.807) is 0 Å². The zero-order valence-electron chi connectivity index (χ0n) is 8.17. The summed E-state index contributed by atoms with van der Waals surface area (Å²) in [4.78, 5) is 14.4. The van der Waals surface area contributed by atoms with Crippen molar-refractivity contribution in [3.8, 4) is 0 Å². The van der Waals surface area contributed by atoms with Crippen LogP contribution in [0.2, 0.25) is 0 Å². The lowest BCUT2D eigenvalue weighted by molar-refractivity contribution is 0.0695. The van der Waals surface area contributed by atoms with Crippen molar-refractivity contribution in [3.05, 3.63) is 28.8 Å². The summed E-state index contributed by atoms with van der Waals surface area (Å²) in [5.41, 5.74) is 0.589. The highest BCUT2D eigenvalue weighted by atomic mass is 19.1. The number of hydrogen-bond acceptors (Lipinski definition) is 2. The van der Waals surface area contributed by atoms with Crippen molar-refractivity contribution in [1.29, 1.82) is 0 Å². The molecule has 0 aliphatic heterocycles. The zero-order valence-corrected chi connectivity index (χ0v) is 8.17. The first-order chi connectivity index (χ1) is 6.56. The smallest absolute Gasteiger partial charge is 0.336 e. The number of carbonyl (C=O) groups is 1. The van der Waals surface area contributed by atoms with Gasteiger partial charge >= 0.3 is 5.97 Å². The molecule has 0 saturated heterocycles. The fourth-order valence-electron chi connectivity index (χ4n) is 1.23. The molecule has 1 N–H and O–H groups in total. The van der Waals surface area contributed by atoms with E-state index in [2.05, 4.69) is 4.98 Å². The number of pyridine rings is 1. The summed E-state index contributed by atoms with van der Waals surface area (Å²) in [6, 6.07) is 1.43. The van der Waals surface area contributed by atoms with Gasteiger partial charge in [-0.05, 0) is 19.4 Å². The molecule has 0 fully saturated rings. The number of rotatable bonds is 3. The van der Waals surface area contributed by atoms with E-state index in [4.69, 9.17) is 5.11 Å². The van der Waals surface area contributed by atoms with Crippen LogP contribution in [-0.4, -0.2) is 16.1 Å². The molecule has 0 amide bonds. The monoisotopic (exact) mass is 197 g/mol. The fourth-order valence-corrected chi connectivity index (χ4v) is 1.23. The lowest BCUT2D eigenvalue weighted by Crippen LogP contribution is -2.06. The van der Waals surface area contributed by atoms with Gasteiger partial charge in [-0.2, -0.15) is 4.39 Å². The Labute approximate surface area is 81.6 Å². The first kappa shape index (κ1) is 10.6. The maximum Gasteiger partial charge on any atom is 0.336 e. The molecule has 0 aromatic carbocycles. The van der Waals surface area contributed by atoms with Crippen molar-refractivity contribution >= 4 is 5.97 Å². The van der Waals surface area contributed by atoms with Gasteiger partial charge in [0, 0.05) is 11.3 Å². The minimum atomic E-state index is -1.11. The molecule has 0 saturated carbocycles. The molecule has 0 unspecified atom stereocenters. The zero-order chi connectivity index (χ0) is 10.7. The van der Waals surface area contributed by atoms with Gasteiger partial charge in [-0.15, -0.1) is 0 Å². The van der Waals surface area contributed by atoms with Gasteiger partial charge in [0.05, 0.1) is 5.56 Å². The minimum Gasteiger partial charge on any atom is -0.478 e. The van der Waals surface area contributed by atoms with Crippen molar-refractivity contribution in [3.63, 3.8) is 0 Å². The molecular formula is C10H12FNO2. The number of carboxylic acid groups (broad SMARTS) is 1. The van der Waals surface area contributed by atoms with Gasteiger partial charge in [0.15, 0.2) is 0 Å². The fraction of sp³-hybridized carbons (Fsp3) is 0.400. The topological polar surface area (TPSA) is 50.2 Å². The normalized spacial score (nSPS) is 10.2. The Kier molecular flexibility index (Phi) is 3.17. The Bertz CT molecular complexity index is 363. The van der Waals surface area contributed by atoms with Crippen molar-refractivity contribution in [2.24, 2.45) is 0 Å². The number of halogens is 1. The standard InChI is InChI=1S/C10H12FNO2/c1-3-4-7-5-8(10(13)14)6(2)9(11)12-7/h5H,3-4H2,1-2H3,(H,13,14). The van der Waals surface area contributed by atoms with Crippen LogP contribution in [0.15, 0.2) is 6.07 Å². The molecule has 4 heteroatoms. The van der Waals surface area contributed by atoms with Crippen molar-refractivity contribution in [1.82, 2.24) is 4.98 Å². The first-order valence-corrected chi connectivity index (χ1v) is 4.45. The minimum absolute atomic E-state index is 0.000880. The second kappa shape index (κ2) is 4.17. The van der Waals surface area contributed by atoms with E-state index < -0.39 is 11.9 Å². The molecule has 0 spiro atoms. The first-order valence-electron chi connectivity index (χ1n) is 4.45. The number of aryl methyl sites for hydroxylation is 1. The maximum absolute atomic E-state index is 13.1. The number of nitrogens with zero attached hydrogens (tertiary/aromatic N) is 1. The van der Waals surface area contributed by atoms with Crippen LogP contribution in [0, 0.1) is 12.9 Å². The Balaban J connectivity index is 3.21. The molecule has 0 aliphatic carbocycles. The molecule has 0 bridgehead atoms. The van der Waals surface area contributed by atoms with Gasteiger partial charge < -0.3 is 5.11 Å². The van der Waals surface area contributed by atoms with E-state index in [1.165, 1.54) is 13.0 Å². The summed E-state index contributed by atoms with van der Waals surface area (Å²) in [6.07, 6.45) is 1.41. The molecule has 1 aromatic rings. The Morgan fingerprint density at radius 2 is 2.29 bits per heavy atom. The lowest BCUT2D eigenvalue weighted by atomic mass is 10.1. The molecule has 76 valence electrons. The van der Waals surface area contributed by atoms with E-state index in [1.807, 2.05) is 6.92 Å². The number of aromatic nitrogens is 1. The molecule has 14 heavy (non-hydrogen) atoms. The van der Waals surface area contributed by atoms with Gasteiger partial charge in [-0.25, -0.2) is 9.78 Å². The van der Waals surface area contributed by atoms with Gasteiger partial charge in [-0.1, -0.05) is 13.3 Å². The second-order valence-electron chi connectivity index (χ2n) is 3.13. The summed E-state index contributed by atoms with van der Waals surface area (Å²) >= 11 is 0. The Morgan fingerprint density at radius 1 is 1.64 bits per heavy atom. The Morgan fingerprint density at radius 3 is 2.79 bits per heavy atom.